The topological polar surface area (TPSA) is 113 Å². The molecule has 2 N–H and O–H groups in total. The van der Waals surface area contributed by atoms with Gasteiger partial charge in [0, 0.05) is 37.2 Å². The number of carbonyl (C=O) groups excluding carboxylic acids is 3. The summed E-state index contributed by atoms with van der Waals surface area (Å²) in [7, 11) is -3.76. The molecule has 1 saturated heterocycles. The summed E-state index contributed by atoms with van der Waals surface area (Å²) in [5.74, 6) is -0.808. The summed E-state index contributed by atoms with van der Waals surface area (Å²) in [6.45, 7) is 3.84. The Morgan fingerprint density at radius 1 is 1.00 bits per heavy atom. The monoisotopic (exact) mass is 443 g/mol. The van der Waals surface area contributed by atoms with Gasteiger partial charge >= 0.3 is 0 Å². The lowest BCUT2D eigenvalue weighted by atomic mass is 10.1. The second kappa shape index (κ2) is 9.30. The summed E-state index contributed by atoms with van der Waals surface area (Å²) in [5.41, 5.74) is 2.15. The maximum absolute atomic E-state index is 12.7. The predicted molar refractivity (Wildman–Crippen MR) is 116 cm³/mol. The zero-order chi connectivity index (χ0) is 22.6. The molecule has 1 aliphatic rings. The van der Waals surface area contributed by atoms with Crippen LogP contribution >= 0.6 is 0 Å². The van der Waals surface area contributed by atoms with Gasteiger partial charge in [-0.1, -0.05) is 12.1 Å². The number of likely N-dealkylation sites (tertiary alicyclic amines) is 1. The highest BCUT2D eigenvalue weighted by Gasteiger charge is 2.25. The Bertz CT molecular complexity index is 1090. The molecule has 31 heavy (non-hydrogen) atoms. The maximum atomic E-state index is 12.7. The van der Waals surface area contributed by atoms with Crippen molar-refractivity contribution in [3.63, 3.8) is 0 Å². The first-order valence-electron chi connectivity index (χ1n) is 9.99. The minimum Gasteiger partial charge on any atom is -0.350 e. The Labute approximate surface area is 181 Å². The zero-order valence-electron chi connectivity index (χ0n) is 17.5. The molecule has 1 heterocycles. The highest BCUT2D eigenvalue weighted by molar-refractivity contribution is 7.92. The number of aryl methyl sites for hydroxylation is 2. The van der Waals surface area contributed by atoms with E-state index in [1.165, 1.54) is 29.2 Å². The lowest BCUT2D eigenvalue weighted by Crippen LogP contribution is -2.44. The summed E-state index contributed by atoms with van der Waals surface area (Å²) in [4.78, 5) is 37.3. The van der Waals surface area contributed by atoms with Crippen molar-refractivity contribution in [2.24, 2.45) is 0 Å². The molecule has 3 amide bonds. The average Bonchev–Trinajstić information content (AvgIpc) is 2.72. The van der Waals surface area contributed by atoms with Gasteiger partial charge in [0.2, 0.25) is 11.8 Å². The third kappa shape index (κ3) is 5.49. The summed E-state index contributed by atoms with van der Waals surface area (Å²) >= 11 is 0. The second-order valence-corrected chi connectivity index (χ2v) is 9.15. The number of amides is 3. The van der Waals surface area contributed by atoms with Crippen LogP contribution in [0.25, 0.3) is 0 Å². The lowest BCUT2D eigenvalue weighted by Gasteiger charge is -2.24. The standard InChI is InChI=1S/C22H25N3O5S/c1-15-6-7-16(2)19(14-15)31(29,30)24-18-10-8-17(9-11-18)22(28)23-12-13-25-20(26)4-3-5-21(25)27/h6-11,14,24H,3-5,12-13H2,1-2H3,(H,23,28). The molecular formula is C22H25N3O5S. The molecule has 9 heteroatoms. The van der Waals surface area contributed by atoms with Crippen molar-refractivity contribution in [3.05, 3.63) is 59.2 Å². The Hall–Kier alpha value is -3.20. The van der Waals surface area contributed by atoms with E-state index in [1.54, 1.807) is 19.1 Å². The van der Waals surface area contributed by atoms with E-state index in [4.69, 9.17) is 0 Å². The number of rotatable bonds is 7. The van der Waals surface area contributed by atoms with Crippen molar-refractivity contribution in [3.8, 4) is 0 Å². The SMILES string of the molecule is Cc1ccc(C)c(S(=O)(=O)Nc2ccc(C(=O)NCCN3C(=O)CCCC3=O)cc2)c1. The van der Waals surface area contributed by atoms with Crippen molar-refractivity contribution in [2.75, 3.05) is 17.8 Å². The largest absolute Gasteiger partial charge is 0.350 e. The van der Waals surface area contributed by atoms with E-state index in [2.05, 4.69) is 10.0 Å². The van der Waals surface area contributed by atoms with Gasteiger partial charge in [0.25, 0.3) is 15.9 Å². The predicted octanol–water partition coefficient (Wildman–Crippen LogP) is 2.37. The maximum Gasteiger partial charge on any atom is 0.262 e. The highest BCUT2D eigenvalue weighted by atomic mass is 32.2. The third-order valence-corrected chi connectivity index (χ3v) is 6.56. The Balaban J connectivity index is 1.59. The number of hydrogen-bond acceptors (Lipinski definition) is 5. The van der Waals surface area contributed by atoms with Crippen LogP contribution in [-0.2, 0) is 19.6 Å². The molecule has 1 aliphatic heterocycles. The number of imide groups is 1. The van der Waals surface area contributed by atoms with Gasteiger partial charge in [-0.25, -0.2) is 8.42 Å². The quantitative estimate of drug-likeness (QED) is 0.638. The number of nitrogens with one attached hydrogen (secondary N) is 2. The normalized spacial score (nSPS) is 14.5. The van der Waals surface area contributed by atoms with E-state index < -0.39 is 10.0 Å². The molecule has 2 aromatic carbocycles. The van der Waals surface area contributed by atoms with Crippen LogP contribution < -0.4 is 10.0 Å². The Morgan fingerprint density at radius 2 is 1.65 bits per heavy atom. The van der Waals surface area contributed by atoms with E-state index in [-0.39, 0.29) is 35.7 Å². The fourth-order valence-electron chi connectivity index (χ4n) is 3.33. The van der Waals surface area contributed by atoms with Crippen LogP contribution in [0.4, 0.5) is 5.69 Å². The van der Waals surface area contributed by atoms with E-state index >= 15 is 0 Å². The average molecular weight is 444 g/mol. The summed E-state index contributed by atoms with van der Waals surface area (Å²) < 4.78 is 27.9. The van der Waals surface area contributed by atoms with Crippen LogP contribution in [0.1, 0.15) is 40.7 Å². The number of piperidine rings is 1. The van der Waals surface area contributed by atoms with Crippen LogP contribution in [-0.4, -0.2) is 44.1 Å². The summed E-state index contributed by atoms with van der Waals surface area (Å²) in [6.07, 6.45) is 1.26. The van der Waals surface area contributed by atoms with Gasteiger partial charge < -0.3 is 5.32 Å². The molecule has 0 bridgehead atoms. The van der Waals surface area contributed by atoms with Gasteiger partial charge in [0.1, 0.15) is 0 Å². The van der Waals surface area contributed by atoms with Gasteiger partial charge in [0.05, 0.1) is 4.90 Å². The molecule has 164 valence electrons. The fraction of sp³-hybridized carbons (Fsp3) is 0.318. The highest BCUT2D eigenvalue weighted by Crippen LogP contribution is 2.21. The molecule has 0 saturated carbocycles. The van der Waals surface area contributed by atoms with Crippen molar-refractivity contribution >= 4 is 33.4 Å². The number of anilines is 1. The number of benzene rings is 2. The molecule has 0 aliphatic carbocycles. The van der Waals surface area contributed by atoms with E-state index in [9.17, 15) is 22.8 Å². The fourth-order valence-corrected chi connectivity index (χ4v) is 4.72. The van der Waals surface area contributed by atoms with Gasteiger partial charge in [-0.2, -0.15) is 0 Å². The molecule has 0 unspecified atom stereocenters. The van der Waals surface area contributed by atoms with Gasteiger partial charge in [-0.3, -0.25) is 24.0 Å². The first-order chi connectivity index (χ1) is 14.7. The minimum atomic E-state index is -3.76. The second-order valence-electron chi connectivity index (χ2n) is 7.50. The molecule has 2 aromatic rings. The van der Waals surface area contributed by atoms with Crippen molar-refractivity contribution in [1.29, 1.82) is 0 Å². The minimum absolute atomic E-state index is 0.136. The first-order valence-corrected chi connectivity index (χ1v) is 11.5. The number of nitrogens with zero attached hydrogens (tertiary/aromatic N) is 1. The van der Waals surface area contributed by atoms with Gasteiger partial charge in [-0.15, -0.1) is 0 Å². The van der Waals surface area contributed by atoms with Crippen LogP contribution in [0.5, 0.6) is 0 Å². The lowest BCUT2D eigenvalue weighted by molar-refractivity contribution is -0.147. The molecule has 3 rings (SSSR count). The molecule has 0 radical (unpaired) electrons. The van der Waals surface area contributed by atoms with E-state index in [0.29, 0.717) is 36.1 Å². The third-order valence-electron chi connectivity index (χ3n) is 5.04. The molecule has 1 fully saturated rings. The number of hydrogen-bond donors (Lipinski definition) is 2. The number of carbonyl (C=O) groups is 3. The van der Waals surface area contributed by atoms with Crippen LogP contribution in [0.2, 0.25) is 0 Å². The van der Waals surface area contributed by atoms with Crippen LogP contribution in [0.15, 0.2) is 47.4 Å². The summed E-state index contributed by atoms with van der Waals surface area (Å²) in [6, 6.07) is 11.2. The number of sulfonamides is 1. The first kappa shape index (κ1) is 22.5. The van der Waals surface area contributed by atoms with Gasteiger partial charge in [-0.05, 0) is 61.7 Å². The molecule has 0 aromatic heterocycles. The van der Waals surface area contributed by atoms with E-state index in [0.717, 1.165) is 5.56 Å². The molecule has 0 atom stereocenters. The molecule has 8 nitrogen and oxygen atoms in total. The van der Waals surface area contributed by atoms with E-state index in [1.807, 2.05) is 13.0 Å². The van der Waals surface area contributed by atoms with Crippen LogP contribution in [0, 0.1) is 13.8 Å². The summed E-state index contributed by atoms with van der Waals surface area (Å²) in [5, 5.41) is 2.67. The van der Waals surface area contributed by atoms with Gasteiger partial charge in [0.15, 0.2) is 0 Å². The Kier molecular flexibility index (Phi) is 6.74. The molecule has 0 spiro atoms. The van der Waals surface area contributed by atoms with Crippen molar-refractivity contribution in [1.82, 2.24) is 10.2 Å². The molecular weight excluding hydrogens is 418 g/mol. The van der Waals surface area contributed by atoms with Crippen LogP contribution in [0.3, 0.4) is 0 Å². The van der Waals surface area contributed by atoms with Crippen molar-refractivity contribution < 1.29 is 22.8 Å². The van der Waals surface area contributed by atoms with Crippen molar-refractivity contribution in [2.45, 2.75) is 38.0 Å². The smallest absolute Gasteiger partial charge is 0.262 e. The Morgan fingerprint density at radius 3 is 2.29 bits per heavy atom. The zero-order valence-corrected chi connectivity index (χ0v) is 18.3.